The Morgan fingerprint density at radius 1 is 1.00 bits per heavy atom. The minimum absolute atomic E-state index is 0.122. The Kier molecular flexibility index (Phi) is 4.54. The van der Waals surface area contributed by atoms with Gasteiger partial charge in [0.25, 0.3) is 5.91 Å². The SMILES string of the molecule is C[C@H]([NH2+][C@@H](C(=O)NC1CC1)c1ccccc1)c1ccccc1. The van der Waals surface area contributed by atoms with Gasteiger partial charge in [-0.2, -0.15) is 0 Å². The fourth-order valence-electron chi connectivity index (χ4n) is 2.69. The molecule has 1 saturated carbocycles. The van der Waals surface area contributed by atoms with Gasteiger partial charge in [-0.25, -0.2) is 0 Å². The smallest absolute Gasteiger partial charge is 0.283 e. The third-order valence-electron chi connectivity index (χ3n) is 4.17. The molecule has 1 amide bonds. The standard InChI is InChI=1S/C19H22N2O/c1-14(15-8-4-2-5-9-15)20-18(16-10-6-3-7-11-16)19(22)21-17-12-13-17/h2-11,14,17-18,20H,12-13H2,1H3,(H,21,22)/p+1/t14-,18+/m0/s1. The van der Waals surface area contributed by atoms with E-state index in [1.807, 2.05) is 48.5 Å². The van der Waals surface area contributed by atoms with Gasteiger partial charge in [-0.3, -0.25) is 4.79 Å². The van der Waals surface area contributed by atoms with Crippen molar-refractivity contribution in [2.75, 3.05) is 0 Å². The molecule has 0 radical (unpaired) electrons. The lowest BCUT2D eigenvalue weighted by Gasteiger charge is -2.20. The van der Waals surface area contributed by atoms with Crippen LogP contribution in [0.1, 0.15) is 43.0 Å². The lowest BCUT2D eigenvalue weighted by atomic mass is 10.0. The number of carbonyl (C=O) groups excluding carboxylic acids is 1. The van der Waals surface area contributed by atoms with Gasteiger partial charge in [0.05, 0.1) is 0 Å². The number of rotatable bonds is 6. The summed E-state index contributed by atoms with van der Waals surface area (Å²) in [5.74, 6) is 0.122. The first-order valence-corrected chi connectivity index (χ1v) is 7.99. The summed E-state index contributed by atoms with van der Waals surface area (Å²) in [5.41, 5.74) is 2.30. The summed E-state index contributed by atoms with van der Waals surface area (Å²) >= 11 is 0. The maximum atomic E-state index is 12.6. The Morgan fingerprint density at radius 2 is 1.55 bits per heavy atom. The molecule has 0 bridgehead atoms. The average Bonchev–Trinajstić information content (AvgIpc) is 3.38. The van der Waals surface area contributed by atoms with Gasteiger partial charge in [0.15, 0.2) is 6.04 Å². The van der Waals surface area contributed by atoms with Gasteiger partial charge in [-0.15, -0.1) is 0 Å². The highest BCUT2D eigenvalue weighted by molar-refractivity contribution is 5.82. The van der Waals surface area contributed by atoms with Crippen molar-refractivity contribution in [3.8, 4) is 0 Å². The zero-order valence-electron chi connectivity index (χ0n) is 12.9. The fraction of sp³-hybridized carbons (Fsp3) is 0.316. The molecule has 1 aliphatic rings. The average molecular weight is 295 g/mol. The van der Waals surface area contributed by atoms with E-state index in [4.69, 9.17) is 0 Å². The zero-order valence-corrected chi connectivity index (χ0v) is 12.9. The molecule has 0 unspecified atom stereocenters. The molecule has 22 heavy (non-hydrogen) atoms. The van der Waals surface area contributed by atoms with E-state index in [0.29, 0.717) is 6.04 Å². The van der Waals surface area contributed by atoms with Gasteiger partial charge in [0.1, 0.15) is 6.04 Å². The van der Waals surface area contributed by atoms with E-state index in [9.17, 15) is 4.79 Å². The molecule has 3 N–H and O–H groups in total. The molecule has 0 aliphatic heterocycles. The van der Waals surface area contributed by atoms with Gasteiger partial charge in [0, 0.05) is 17.2 Å². The molecular formula is C19H23N2O+. The number of nitrogens with two attached hydrogens (primary N) is 1. The number of carbonyl (C=O) groups is 1. The highest BCUT2D eigenvalue weighted by atomic mass is 16.2. The summed E-state index contributed by atoms with van der Waals surface area (Å²) in [6.07, 6.45) is 2.23. The molecule has 0 saturated heterocycles. The van der Waals surface area contributed by atoms with Crippen molar-refractivity contribution in [1.82, 2.24) is 5.32 Å². The second-order valence-electron chi connectivity index (χ2n) is 6.06. The Labute approximate surface area is 131 Å². The third kappa shape index (κ3) is 3.74. The summed E-state index contributed by atoms with van der Waals surface area (Å²) in [6.45, 7) is 2.15. The first kappa shape index (κ1) is 14.8. The maximum Gasteiger partial charge on any atom is 0.283 e. The molecule has 0 spiro atoms. The van der Waals surface area contributed by atoms with Crippen molar-refractivity contribution in [1.29, 1.82) is 0 Å². The van der Waals surface area contributed by atoms with Crippen LogP contribution in [0.3, 0.4) is 0 Å². The Bertz CT molecular complexity index is 608. The number of nitrogens with one attached hydrogen (secondary N) is 1. The molecule has 2 aromatic rings. The van der Waals surface area contributed by atoms with Crippen molar-refractivity contribution in [2.45, 2.75) is 37.9 Å². The molecule has 3 nitrogen and oxygen atoms in total. The Morgan fingerprint density at radius 3 is 2.09 bits per heavy atom. The van der Waals surface area contributed by atoms with Gasteiger partial charge in [-0.1, -0.05) is 60.7 Å². The minimum Gasteiger partial charge on any atom is -0.348 e. The first-order chi connectivity index (χ1) is 10.7. The van der Waals surface area contributed by atoms with Crippen molar-refractivity contribution < 1.29 is 10.1 Å². The van der Waals surface area contributed by atoms with Gasteiger partial charge in [0.2, 0.25) is 0 Å². The van der Waals surface area contributed by atoms with Gasteiger partial charge in [-0.05, 0) is 19.8 Å². The van der Waals surface area contributed by atoms with Crippen molar-refractivity contribution in [3.05, 3.63) is 71.8 Å². The maximum absolute atomic E-state index is 12.6. The van der Waals surface area contributed by atoms with Gasteiger partial charge < -0.3 is 10.6 Å². The number of hydrogen-bond acceptors (Lipinski definition) is 1. The molecule has 114 valence electrons. The highest BCUT2D eigenvalue weighted by Crippen LogP contribution is 2.20. The van der Waals surface area contributed by atoms with Crippen molar-refractivity contribution in [2.24, 2.45) is 0 Å². The van der Waals surface area contributed by atoms with Crippen molar-refractivity contribution >= 4 is 5.91 Å². The summed E-state index contributed by atoms with van der Waals surface area (Å²) in [7, 11) is 0. The summed E-state index contributed by atoms with van der Waals surface area (Å²) in [5, 5.41) is 5.29. The molecule has 1 fully saturated rings. The lowest BCUT2D eigenvalue weighted by Crippen LogP contribution is -2.88. The van der Waals surface area contributed by atoms with Crippen LogP contribution in [0.15, 0.2) is 60.7 Å². The summed E-state index contributed by atoms with van der Waals surface area (Å²) in [4.78, 5) is 12.6. The summed E-state index contributed by atoms with van der Waals surface area (Å²) < 4.78 is 0. The van der Waals surface area contributed by atoms with E-state index >= 15 is 0 Å². The van der Waals surface area contributed by atoms with Crippen LogP contribution >= 0.6 is 0 Å². The zero-order chi connectivity index (χ0) is 15.4. The van der Waals surface area contributed by atoms with E-state index in [-0.39, 0.29) is 18.0 Å². The van der Waals surface area contributed by atoms with E-state index in [1.165, 1.54) is 5.56 Å². The predicted octanol–water partition coefficient (Wildman–Crippen LogP) is 2.33. The fourth-order valence-corrected chi connectivity index (χ4v) is 2.69. The molecule has 1 aliphatic carbocycles. The van der Waals surface area contributed by atoms with Crippen LogP contribution in [0.5, 0.6) is 0 Å². The second kappa shape index (κ2) is 6.75. The second-order valence-corrected chi connectivity index (χ2v) is 6.06. The number of quaternary nitrogens is 1. The molecule has 0 aromatic heterocycles. The molecular weight excluding hydrogens is 272 g/mol. The lowest BCUT2D eigenvalue weighted by molar-refractivity contribution is -0.719. The van der Waals surface area contributed by atoms with E-state index in [2.05, 4.69) is 29.7 Å². The normalized spacial score (nSPS) is 16.8. The highest BCUT2D eigenvalue weighted by Gasteiger charge is 2.31. The summed E-state index contributed by atoms with van der Waals surface area (Å²) in [6, 6.07) is 20.8. The number of hydrogen-bond donors (Lipinski definition) is 2. The number of benzene rings is 2. The van der Waals surface area contributed by atoms with Crippen LogP contribution in [-0.2, 0) is 4.79 Å². The topological polar surface area (TPSA) is 45.7 Å². The largest absolute Gasteiger partial charge is 0.348 e. The molecule has 2 aromatic carbocycles. The van der Waals surface area contributed by atoms with E-state index < -0.39 is 0 Å². The quantitative estimate of drug-likeness (QED) is 0.844. The van der Waals surface area contributed by atoms with Crippen LogP contribution in [0.4, 0.5) is 0 Å². The number of amides is 1. The van der Waals surface area contributed by atoms with Crippen LogP contribution < -0.4 is 10.6 Å². The van der Waals surface area contributed by atoms with Crippen LogP contribution in [-0.4, -0.2) is 11.9 Å². The molecule has 3 heteroatoms. The Balaban J connectivity index is 1.77. The van der Waals surface area contributed by atoms with Crippen LogP contribution in [0.2, 0.25) is 0 Å². The van der Waals surface area contributed by atoms with E-state index in [0.717, 1.165) is 18.4 Å². The van der Waals surface area contributed by atoms with Gasteiger partial charge >= 0.3 is 0 Å². The first-order valence-electron chi connectivity index (χ1n) is 7.99. The minimum atomic E-state index is -0.197. The predicted molar refractivity (Wildman–Crippen MR) is 87.1 cm³/mol. The molecule has 2 atom stereocenters. The van der Waals surface area contributed by atoms with E-state index in [1.54, 1.807) is 0 Å². The van der Waals surface area contributed by atoms with Crippen LogP contribution in [0, 0.1) is 0 Å². The molecule has 3 rings (SSSR count). The molecule has 0 heterocycles. The monoisotopic (exact) mass is 295 g/mol. The van der Waals surface area contributed by atoms with Crippen LogP contribution in [0.25, 0.3) is 0 Å². The Hall–Kier alpha value is -2.13. The third-order valence-corrected chi connectivity index (χ3v) is 4.17. The van der Waals surface area contributed by atoms with Crippen molar-refractivity contribution in [3.63, 3.8) is 0 Å².